The molecule has 1 aliphatic rings. The maximum Gasteiger partial charge on any atom is 0.319 e. The van der Waals surface area contributed by atoms with E-state index >= 15 is 0 Å². The van der Waals surface area contributed by atoms with Crippen LogP contribution in [0.15, 0.2) is 60.9 Å². The van der Waals surface area contributed by atoms with Gasteiger partial charge in [0, 0.05) is 18.3 Å². The highest BCUT2D eigenvalue weighted by molar-refractivity contribution is 5.75. The minimum absolute atomic E-state index is 0.488. The largest absolute Gasteiger partial charge is 0.351 e. The van der Waals surface area contributed by atoms with E-state index in [0.29, 0.717) is 19.0 Å². The van der Waals surface area contributed by atoms with Gasteiger partial charge in [-0.3, -0.25) is 4.90 Å². The molecule has 2 unspecified atom stereocenters. The molecular formula is C24H42FN3O. The summed E-state index contributed by atoms with van der Waals surface area (Å²) >= 11 is 0. The van der Waals surface area contributed by atoms with Crippen molar-refractivity contribution < 1.29 is 9.18 Å². The van der Waals surface area contributed by atoms with Gasteiger partial charge in [0.05, 0.1) is 0 Å². The summed E-state index contributed by atoms with van der Waals surface area (Å²) in [6.45, 7) is 18.3. The van der Waals surface area contributed by atoms with Gasteiger partial charge in [0.2, 0.25) is 0 Å². The third-order valence-corrected chi connectivity index (χ3v) is 4.78. The minimum atomic E-state index is -1.04. The first kappa shape index (κ1) is 29.1. The van der Waals surface area contributed by atoms with Gasteiger partial charge in [0.25, 0.3) is 0 Å². The molecule has 0 aromatic rings. The number of allylic oxidation sites excluding steroid dienone is 5. The number of alkyl halides is 1. The number of urea groups is 1. The number of hydrogen-bond acceptors (Lipinski definition) is 2. The zero-order chi connectivity index (χ0) is 23.0. The number of amides is 2. The van der Waals surface area contributed by atoms with Crippen LogP contribution in [0.4, 0.5) is 9.18 Å². The molecule has 166 valence electrons. The molecule has 1 rings (SSSR count). The van der Waals surface area contributed by atoms with Gasteiger partial charge in [-0.05, 0) is 78.3 Å². The second-order valence-corrected chi connectivity index (χ2v) is 6.97. The standard InChI is InChI=1S/C13H19FN2O.C9H19N.C2H4/c1-3-5-11-6-4-9-16(13(15)17)12(11)8-7-10(2)14;1-6-9(7-2)8(3)10(4)5;1-2/h3,7-8,10H,1,4-6,9H2,2H3,(H2,15,17);6,8H,7H2,1-5H3;1-2H2/b8-7-;9-6+;. The molecule has 2 N–H and O–H groups in total. The highest BCUT2D eigenvalue weighted by Crippen LogP contribution is 2.26. The van der Waals surface area contributed by atoms with Gasteiger partial charge >= 0.3 is 6.03 Å². The van der Waals surface area contributed by atoms with Gasteiger partial charge in [-0.2, -0.15) is 0 Å². The lowest BCUT2D eigenvalue weighted by atomic mass is 9.98. The van der Waals surface area contributed by atoms with E-state index in [0.717, 1.165) is 30.5 Å². The molecule has 0 aromatic carbocycles. The molecule has 0 aromatic heterocycles. The van der Waals surface area contributed by atoms with Crippen molar-refractivity contribution in [1.82, 2.24) is 9.80 Å². The first-order chi connectivity index (χ1) is 13.7. The Balaban J connectivity index is 0. The van der Waals surface area contributed by atoms with Crippen molar-refractivity contribution in [2.45, 2.75) is 65.6 Å². The molecule has 29 heavy (non-hydrogen) atoms. The Labute approximate surface area is 178 Å². The normalized spacial score (nSPS) is 16.6. The van der Waals surface area contributed by atoms with Crippen LogP contribution in [0.3, 0.4) is 0 Å². The van der Waals surface area contributed by atoms with Crippen molar-refractivity contribution in [3.05, 3.63) is 60.9 Å². The number of nitrogens with two attached hydrogens (primary N) is 1. The van der Waals surface area contributed by atoms with Crippen LogP contribution in [-0.2, 0) is 0 Å². The van der Waals surface area contributed by atoms with Crippen molar-refractivity contribution in [2.75, 3.05) is 20.6 Å². The monoisotopic (exact) mass is 407 g/mol. The van der Waals surface area contributed by atoms with Gasteiger partial charge in [0.15, 0.2) is 0 Å². The summed E-state index contributed by atoms with van der Waals surface area (Å²) in [5.74, 6) is 0. The van der Waals surface area contributed by atoms with Crippen LogP contribution in [-0.4, -0.2) is 48.7 Å². The van der Waals surface area contributed by atoms with E-state index < -0.39 is 12.2 Å². The number of likely N-dealkylation sites (N-methyl/N-ethyl adjacent to an activating group) is 1. The van der Waals surface area contributed by atoms with E-state index in [4.69, 9.17) is 5.73 Å². The molecule has 4 nitrogen and oxygen atoms in total. The molecule has 2 amide bonds. The van der Waals surface area contributed by atoms with Gasteiger partial charge in [-0.15, -0.1) is 19.7 Å². The van der Waals surface area contributed by atoms with Gasteiger partial charge in [-0.25, -0.2) is 9.18 Å². The lowest BCUT2D eigenvalue weighted by molar-refractivity contribution is 0.218. The van der Waals surface area contributed by atoms with Crippen molar-refractivity contribution in [2.24, 2.45) is 5.73 Å². The van der Waals surface area contributed by atoms with Crippen molar-refractivity contribution in [3.8, 4) is 0 Å². The van der Waals surface area contributed by atoms with Crippen molar-refractivity contribution in [1.29, 1.82) is 0 Å². The highest BCUT2D eigenvalue weighted by atomic mass is 19.1. The zero-order valence-electron chi connectivity index (χ0n) is 19.4. The van der Waals surface area contributed by atoms with E-state index in [1.54, 1.807) is 12.2 Å². The summed E-state index contributed by atoms with van der Waals surface area (Å²) < 4.78 is 12.8. The van der Waals surface area contributed by atoms with Gasteiger partial charge in [-0.1, -0.05) is 24.6 Å². The summed E-state index contributed by atoms with van der Waals surface area (Å²) in [6, 6.07) is 0.104. The smallest absolute Gasteiger partial charge is 0.319 e. The molecule has 0 saturated carbocycles. The van der Waals surface area contributed by atoms with Gasteiger partial charge in [0.1, 0.15) is 6.17 Å². The lowest BCUT2D eigenvalue weighted by Crippen LogP contribution is -2.38. The second-order valence-electron chi connectivity index (χ2n) is 6.97. The molecule has 1 aliphatic heterocycles. The van der Waals surface area contributed by atoms with Crippen molar-refractivity contribution in [3.63, 3.8) is 0 Å². The van der Waals surface area contributed by atoms with E-state index in [-0.39, 0.29) is 0 Å². The summed E-state index contributed by atoms with van der Waals surface area (Å²) in [5, 5.41) is 0. The predicted octanol–water partition coefficient (Wildman–Crippen LogP) is 6.00. The summed E-state index contributed by atoms with van der Waals surface area (Å²) in [4.78, 5) is 15.1. The Hall–Kier alpha value is -2.14. The van der Waals surface area contributed by atoms with Crippen LogP contribution in [0.1, 0.15) is 53.4 Å². The van der Waals surface area contributed by atoms with Crippen LogP contribution in [0, 0.1) is 0 Å². The molecule has 0 saturated heterocycles. The summed E-state index contributed by atoms with van der Waals surface area (Å²) in [7, 11) is 4.23. The summed E-state index contributed by atoms with van der Waals surface area (Å²) in [5.41, 5.74) is 8.66. The Morgan fingerprint density at radius 3 is 2.28 bits per heavy atom. The Bertz CT molecular complexity index is 577. The fraction of sp³-hybridized carbons (Fsp3) is 0.542. The first-order valence-electron chi connectivity index (χ1n) is 10.2. The number of primary amides is 1. The topological polar surface area (TPSA) is 49.6 Å². The number of nitrogens with zero attached hydrogens (tertiary/aromatic N) is 2. The third kappa shape index (κ3) is 11.4. The number of carbonyl (C=O) groups excluding carboxylic acids is 1. The number of carbonyl (C=O) groups is 1. The van der Waals surface area contributed by atoms with E-state index in [1.807, 2.05) is 0 Å². The zero-order valence-corrected chi connectivity index (χ0v) is 19.4. The summed E-state index contributed by atoms with van der Waals surface area (Å²) in [6.07, 6.45) is 9.68. The maximum absolute atomic E-state index is 12.8. The van der Waals surface area contributed by atoms with E-state index in [2.05, 4.69) is 65.6 Å². The van der Waals surface area contributed by atoms with E-state index in [9.17, 15) is 9.18 Å². The number of rotatable bonds is 7. The lowest BCUT2D eigenvalue weighted by Gasteiger charge is -2.29. The second kappa shape index (κ2) is 16.8. The van der Waals surface area contributed by atoms with Crippen LogP contribution < -0.4 is 5.73 Å². The minimum Gasteiger partial charge on any atom is -0.351 e. The molecule has 0 fully saturated rings. The molecule has 2 atom stereocenters. The Morgan fingerprint density at radius 2 is 1.93 bits per heavy atom. The van der Waals surface area contributed by atoms with Crippen LogP contribution in [0.2, 0.25) is 0 Å². The SMILES string of the molecule is C/C=C(\CC)C(C)N(C)C.C=C.C=CCC1=C(/C=C\C(C)F)N(C(N)=O)CCC1. The number of halogens is 1. The fourth-order valence-corrected chi connectivity index (χ4v) is 3.00. The van der Waals surface area contributed by atoms with E-state index in [1.165, 1.54) is 23.5 Å². The van der Waals surface area contributed by atoms with Crippen LogP contribution in [0.5, 0.6) is 0 Å². The average molecular weight is 408 g/mol. The van der Waals surface area contributed by atoms with Crippen molar-refractivity contribution >= 4 is 6.03 Å². The third-order valence-electron chi connectivity index (χ3n) is 4.78. The first-order valence-corrected chi connectivity index (χ1v) is 10.2. The predicted molar refractivity (Wildman–Crippen MR) is 126 cm³/mol. The maximum atomic E-state index is 12.8. The average Bonchev–Trinajstić information content (AvgIpc) is 2.69. The Morgan fingerprint density at radius 1 is 1.34 bits per heavy atom. The molecule has 1 heterocycles. The molecule has 0 spiro atoms. The fourth-order valence-electron chi connectivity index (χ4n) is 3.00. The highest BCUT2D eigenvalue weighted by Gasteiger charge is 2.21. The quantitative estimate of drug-likeness (QED) is 0.526. The molecule has 0 aliphatic carbocycles. The van der Waals surface area contributed by atoms with Crippen LogP contribution >= 0.6 is 0 Å². The molecule has 5 heteroatoms. The molecular weight excluding hydrogens is 365 g/mol. The molecule has 0 radical (unpaired) electrons. The number of hydrogen-bond donors (Lipinski definition) is 1. The van der Waals surface area contributed by atoms with Gasteiger partial charge < -0.3 is 10.6 Å². The molecule has 0 bridgehead atoms. The Kier molecular flexibility index (Phi) is 16.8. The van der Waals surface area contributed by atoms with Crippen LogP contribution in [0.25, 0.3) is 0 Å².